The molecule has 1 fully saturated rings. The van der Waals surface area contributed by atoms with Crippen LogP contribution in [0.2, 0.25) is 5.02 Å². The summed E-state index contributed by atoms with van der Waals surface area (Å²) >= 11 is 5.93. The van der Waals surface area contributed by atoms with Crippen molar-refractivity contribution in [3.05, 3.63) is 75.8 Å². The van der Waals surface area contributed by atoms with E-state index in [4.69, 9.17) is 11.6 Å². The van der Waals surface area contributed by atoms with Crippen LogP contribution < -0.4 is 15.4 Å². The quantitative estimate of drug-likeness (QED) is 0.750. The van der Waals surface area contributed by atoms with Gasteiger partial charge in [-0.3, -0.25) is 9.78 Å². The Balaban J connectivity index is 1.52. The molecule has 1 saturated heterocycles. The highest BCUT2D eigenvalue weighted by Gasteiger charge is 2.19. The number of nitrogens with zero attached hydrogens (tertiary/aromatic N) is 3. The number of aromatic nitrogens is 2. The van der Waals surface area contributed by atoms with E-state index >= 15 is 0 Å². The second-order valence-electron chi connectivity index (χ2n) is 6.41. The summed E-state index contributed by atoms with van der Waals surface area (Å²) in [5.41, 5.74) is 2.27. The van der Waals surface area contributed by atoms with Crippen LogP contribution in [0.5, 0.6) is 0 Å². The van der Waals surface area contributed by atoms with E-state index in [1.54, 1.807) is 24.3 Å². The fourth-order valence-electron chi connectivity index (χ4n) is 3.19. The van der Waals surface area contributed by atoms with E-state index in [0.717, 1.165) is 24.3 Å². The SMILES string of the molecule is O=c1cc(-c2ccc(Cl)cc2)nc(N2CCN(c3ccc(F)cc3)CC2)[nH]1. The average molecular weight is 385 g/mol. The van der Waals surface area contributed by atoms with Gasteiger partial charge in [-0.05, 0) is 36.4 Å². The van der Waals surface area contributed by atoms with Crippen LogP contribution in [0.25, 0.3) is 11.3 Å². The molecule has 0 unspecified atom stereocenters. The second kappa shape index (κ2) is 7.40. The van der Waals surface area contributed by atoms with E-state index < -0.39 is 0 Å². The standard InChI is InChI=1S/C20H18ClFN4O/c21-15-3-1-14(2-4-15)18-13-19(27)24-20(23-18)26-11-9-25(10-12-26)17-7-5-16(22)6-8-17/h1-8,13H,9-12H2,(H,23,24,27). The smallest absolute Gasteiger partial charge is 0.252 e. The Morgan fingerprint density at radius 3 is 2.22 bits per heavy atom. The molecule has 2 aromatic carbocycles. The first-order valence-corrected chi connectivity index (χ1v) is 9.09. The van der Waals surface area contributed by atoms with Crippen LogP contribution in [-0.2, 0) is 0 Å². The molecule has 0 aliphatic carbocycles. The summed E-state index contributed by atoms with van der Waals surface area (Å²) in [6.07, 6.45) is 0. The van der Waals surface area contributed by atoms with Gasteiger partial charge in [0.15, 0.2) is 0 Å². The van der Waals surface area contributed by atoms with E-state index in [1.165, 1.54) is 18.2 Å². The van der Waals surface area contributed by atoms with Gasteiger partial charge in [-0.2, -0.15) is 0 Å². The first-order valence-electron chi connectivity index (χ1n) is 8.71. The van der Waals surface area contributed by atoms with Gasteiger partial charge in [0.25, 0.3) is 5.56 Å². The highest BCUT2D eigenvalue weighted by atomic mass is 35.5. The molecule has 138 valence electrons. The van der Waals surface area contributed by atoms with Gasteiger partial charge in [-0.1, -0.05) is 23.7 Å². The summed E-state index contributed by atoms with van der Waals surface area (Å²) in [4.78, 5) is 23.8. The van der Waals surface area contributed by atoms with Gasteiger partial charge >= 0.3 is 0 Å². The van der Waals surface area contributed by atoms with Gasteiger partial charge in [0.1, 0.15) is 5.82 Å². The molecular weight excluding hydrogens is 367 g/mol. The van der Waals surface area contributed by atoms with E-state index in [9.17, 15) is 9.18 Å². The van der Waals surface area contributed by atoms with E-state index in [1.807, 2.05) is 12.1 Å². The molecule has 5 nitrogen and oxygen atoms in total. The van der Waals surface area contributed by atoms with Crippen molar-refractivity contribution in [1.29, 1.82) is 0 Å². The number of halogens is 2. The monoisotopic (exact) mass is 384 g/mol. The molecule has 0 bridgehead atoms. The van der Waals surface area contributed by atoms with Gasteiger partial charge in [0.2, 0.25) is 5.95 Å². The lowest BCUT2D eigenvalue weighted by Gasteiger charge is -2.36. The molecule has 0 saturated carbocycles. The van der Waals surface area contributed by atoms with Gasteiger partial charge in [0, 0.05) is 48.5 Å². The van der Waals surface area contributed by atoms with Gasteiger partial charge in [0.05, 0.1) is 5.69 Å². The molecule has 0 radical (unpaired) electrons. The Hall–Kier alpha value is -2.86. The number of hydrogen-bond acceptors (Lipinski definition) is 4. The lowest BCUT2D eigenvalue weighted by molar-refractivity contribution is 0.623. The predicted molar refractivity (Wildman–Crippen MR) is 106 cm³/mol. The summed E-state index contributed by atoms with van der Waals surface area (Å²) in [6, 6.07) is 15.2. The van der Waals surface area contributed by atoms with Crippen LogP contribution in [0.4, 0.5) is 16.0 Å². The highest BCUT2D eigenvalue weighted by Crippen LogP contribution is 2.22. The Bertz CT molecular complexity index is 980. The molecule has 0 spiro atoms. The summed E-state index contributed by atoms with van der Waals surface area (Å²) in [5, 5.41) is 0.640. The Morgan fingerprint density at radius 2 is 1.56 bits per heavy atom. The second-order valence-corrected chi connectivity index (χ2v) is 6.85. The summed E-state index contributed by atoms with van der Waals surface area (Å²) < 4.78 is 13.1. The van der Waals surface area contributed by atoms with Crippen molar-refractivity contribution in [1.82, 2.24) is 9.97 Å². The average Bonchev–Trinajstić information content (AvgIpc) is 2.69. The maximum Gasteiger partial charge on any atom is 0.252 e. The molecule has 1 aliphatic rings. The van der Waals surface area contributed by atoms with Crippen LogP contribution in [0.15, 0.2) is 59.4 Å². The number of rotatable bonds is 3. The first kappa shape index (κ1) is 17.5. The molecular formula is C20H18ClFN4O. The largest absolute Gasteiger partial charge is 0.368 e. The lowest BCUT2D eigenvalue weighted by Crippen LogP contribution is -2.47. The summed E-state index contributed by atoms with van der Waals surface area (Å²) in [6.45, 7) is 2.95. The van der Waals surface area contributed by atoms with Crippen molar-refractivity contribution in [3.63, 3.8) is 0 Å². The van der Waals surface area contributed by atoms with Crippen LogP contribution in [-0.4, -0.2) is 36.1 Å². The van der Waals surface area contributed by atoms with Crippen molar-refractivity contribution in [2.75, 3.05) is 36.0 Å². The predicted octanol–water partition coefficient (Wildman–Crippen LogP) is 3.56. The molecule has 27 heavy (non-hydrogen) atoms. The van der Waals surface area contributed by atoms with Crippen LogP contribution in [0, 0.1) is 5.82 Å². The Morgan fingerprint density at radius 1 is 0.926 bits per heavy atom. The van der Waals surface area contributed by atoms with Crippen LogP contribution in [0.3, 0.4) is 0 Å². The van der Waals surface area contributed by atoms with E-state index in [-0.39, 0.29) is 11.4 Å². The molecule has 1 aromatic heterocycles. The minimum Gasteiger partial charge on any atom is -0.368 e. The number of piperazine rings is 1. The maximum atomic E-state index is 13.1. The summed E-state index contributed by atoms with van der Waals surface area (Å²) in [7, 11) is 0. The lowest BCUT2D eigenvalue weighted by atomic mass is 10.1. The zero-order valence-electron chi connectivity index (χ0n) is 14.5. The first-order chi connectivity index (χ1) is 13.1. The molecule has 4 rings (SSSR count). The summed E-state index contributed by atoms with van der Waals surface area (Å²) in [5.74, 6) is 0.324. The minimum atomic E-state index is -0.238. The number of hydrogen-bond donors (Lipinski definition) is 1. The Kier molecular flexibility index (Phi) is 4.81. The van der Waals surface area contributed by atoms with Gasteiger partial charge < -0.3 is 9.80 Å². The minimum absolute atomic E-state index is 0.189. The van der Waals surface area contributed by atoms with Crippen molar-refractivity contribution < 1.29 is 4.39 Å². The maximum absolute atomic E-state index is 13.1. The third-order valence-electron chi connectivity index (χ3n) is 4.64. The molecule has 2 heterocycles. The number of H-pyrrole nitrogens is 1. The molecule has 1 N–H and O–H groups in total. The zero-order chi connectivity index (χ0) is 18.8. The van der Waals surface area contributed by atoms with Crippen molar-refractivity contribution in [3.8, 4) is 11.3 Å². The van der Waals surface area contributed by atoms with Crippen LogP contribution in [0.1, 0.15) is 0 Å². The molecule has 1 aliphatic heterocycles. The van der Waals surface area contributed by atoms with Gasteiger partial charge in [-0.25, -0.2) is 9.37 Å². The van der Waals surface area contributed by atoms with Crippen molar-refractivity contribution >= 4 is 23.2 Å². The fraction of sp³-hybridized carbons (Fsp3) is 0.200. The van der Waals surface area contributed by atoms with E-state index in [2.05, 4.69) is 19.8 Å². The highest BCUT2D eigenvalue weighted by molar-refractivity contribution is 6.30. The Labute approximate surface area is 161 Å². The topological polar surface area (TPSA) is 52.2 Å². The van der Waals surface area contributed by atoms with E-state index in [0.29, 0.717) is 29.8 Å². The van der Waals surface area contributed by atoms with Gasteiger partial charge in [-0.15, -0.1) is 0 Å². The number of aromatic amines is 1. The molecule has 0 atom stereocenters. The number of benzene rings is 2. The fourth-order valence-corrected chi connectivity index (χ4v) is 3.32. The van der Waals surface area contributed by atoms with Crippen LogP contribution >= 0.6 is 11.6 Å². The normalized spacial score (nSPS) is 14.4. The number of anilines is 2. The van der Waals surface area contributed by atoms with Crippen molar-refractivity contribution in [2.24, 2.45) is 0 Å². The third kappa shape index (κ3) is 3.95. The number of nitrogens with one attached hydrogen (secondary N) is 1. The molecule has 3 aromatic rings. The zero-order valence-corrected chi connectivity index (χ0v) is 15.3. The molecule has 7 heteroatoms. The third-order valence-corrected chi connectivity index (χ3v) is 4.89. The van der Waals surface area contributed by atoms with Crippen molar-refractivity contribution in [2.45, 2.75) is 0 Å². The molecule has 0 amide bonds.